The number of amides is 1. The number of pyridine rings is 1. The summed E-state index contributed by atoms with van der Waals surface area (Å²) in [5.41, 5.74) is 0.844. The Hall–Kier alpha value is -2.10. The van der Waals surface area contributed by atoms with E-state index in [2.05, 4.69) is 16.4 Å². The molecule has 1 aromatic carbocycles. The van der Waals surface area contributed by atoms with Crippen molar-refractivity contribution in [1.82, 2.24) is 10.3 Å². The molecule has 2 aromatic rings. The van der Waals surface area contributed by atoms with E-state index in [4.69, 9.17) is 23.2 Å². The van der Waals surface area contributed by atoms with Crippen LogP contribution < -0.4 is 5.32 Å². The molecular weight excluding hydrogens is 343 g/mol. The molecule has 1 heterocycles. The van der Waals surface area contributed by atoms with Gasteiger partial charge in [-0.3, -0.25) is 4.79 Å². The fourth-order valence-corrected chi connectivity index (χ4v) is 3.18. The average molecular weight is 359 g/mol. The van der Waals surface area contributed by atoms with Crippen LogP contribution in [0.15, 0.2) is 66.9 Å². The fraction of sp³-hybridized carbons (Fsp3) is 0.158. The third-order valence-corrected chi connectivity index (χ3v) is 4.67. The molecule has 0 radical (unpaired) electrons. The van der Waals surface area contributed by atoms with E-state index in [0.717, 1.165) is 5.56 Å². The van der Waals surface area contributed by atoms with Crippen molar-refractivity contribution in [3.8, 4) is 0 Å². The molecule has 0 aliphatic heterocycles. The molecule has 1 unspecified atom stereocenters. The zero-order valence-corrected chi connectivity index (χ0v) is 14.6. The minimum Gasteiger partial charge on any atom is -0.342 e. The van der Waals surface area contributed by atoms with Crippen LogP contribution in [-0.4, -0.2) is 16.4 Å². The lowest BCUT2D eigenvalue weighted by atomic mass is 9.77. The third-order valence-electron chi connectivity index (χ3n) is 4.12. The maximum Gasteiger partial charge on any atom is 0.255 e. The summed E-state index contributed by atoms with van der Waals surface area (Å²) in [6.45, 7) is 1.98. The summed E-state index contributed by atoms with van der Waals surface area (Å²) in [7, 11) is 0. The Bertz CT molecular complexity index is 814. The summed E-state index contributed by atoms with van der Waals surface area (Å²) >= 11 is 12.0. The molecule has 1 aliphatic rings. The molecule has 122 valence electrons. The molecule has 3 rings (SSSR count). The van der Waals surface area contributed by atoms with E-state index < -0.39 is 5.54 Å². The summed E-state index contributed by atoms with van der Waals surface area (Å²) in [6, 6.07) is 11.0. The Morgan fingerprint density at radius 2 is 1.92 bits per heavy atom. The second-order valence-corrected chi connectivity index (χ2v) is 6.65. The Labute approximate surface area is 151 Å². The highest BCUT2D eigenvalue weighted by Crippen LogP contribution is 2.34. The van der Waals surface area contributed by atoms with Gasteiger partial charge in [0.05, 0.1) is 11.1 Å². The molecule has 1 amide bonds. The van der Waals surface area contributed by atoms with Gasteiger partial charge in [-0.25, -0.2) is 4.98 Å². The smallest absolute Gasteiger partial charge is 0.255 e. The molecule has 1 aromatic heterocycles. The Kier molecular flexibility index (Phi) is 4.74. The lowest BCUT2D eigenvalue weighted by molar-refractivity contribution is 0.0917. The third kappa shape index (κ3) is 3.37. The lowest BCUT2D eigenvalue weighted by Crippen LogP contribution is -2.49. The normalized spacial score (nSPS) is 22.4. The van der Waals surface area contributed by atoms with Crippen molar-refractivity contribution in [2.75, 3.05) is 0 Å². The molecular formula is C19H16Cl2N2O. The number of hydrogen-bond acceptors (Lipinski definition) is 2. The van der Waals surface area contributed by atoms with E-state index in [1.54, 1.807) is 18.3 Å². The van der Waals surface area contributed by atoms with Crippen LogP contribution in [0.2, 0.25) is 10.2 Å². The first-order chi connectivity index (χ1) is 11.5. The van der Waals surface area contributed by atoms with E-state index in [1.807, 2.05) is 49.4 Å². The maximum atomic E-state index is 12.7. The fourth-order valence-electron chi connectivity index (χ4n) is 2.85. The molecule has 0 fully saturated rings. The number of carbonyl (C=O) groups excluding carboxylic acids is 1. The minimum atomic E-state index is -0.584. The van der Waals surface area contributed by atoms with Gasteiger partial charge in [0.1, 0.15) is 5.15 Å². The van der Waals surface area contributed by atoms with Crippen LogP contribution in [0.5, 0.6) is 0 Å². The summed E-state index contributed by atoms with van der Waals surface area (Å²) in [4.78, 5) is 16.6. The second-order valence-electron chi connectivity index (χ2n) is 5.85. The maximum absolute atomic E-state index is 12.7. The zero-order valence-electron chi connectivity index (χ0n) is 13.0. The SMILES string of the molecule is C[C@]1(NC(=O)c2cccnc2Cl)C=CC=CC1c1ccc(Cl)cc1. The number of halogens is 2. The van der Waals surface area contributed by atoms with Gasteiger partial charge in [0, 0.05) is 17.1 Å². The van der Waals surface area contributed by atoms with Crippen molar-refractivity contribution in [3.05, 3.63) is 88.2 Å². The number of hydrogen-bond donors (Lipinski definition) is 1. The van der Waals surface area contributed by atoms with E-state index >= 15 is 0 Å². The standard InChI is InChI=1S/C19H16Cl2N2O/c1-19(23-18(24)15-5-4-12-22-17(15)21)11-3-2-6-16(19)13-7-9-14(20)10-8-13/h2-12,16H,1H3,(H,23,24)/t16?,19-/m0/s1. The van der Waals surface area contributed by atoms with Crippen molar-refractivity contribution in [1.29, 1.82) is 0 Å². The van der Waals surface area contributed by atoms with Crippen LogP contribution in [0.1, 0.15) is 28.8 Å². The van der Waals surface area contributed by atoms with E-state index in [-0.39, 0.29) is 17.0 Å². The van der Waals surface area contributed by atoms with Gasteiger partial charge in [-0.2, -0.15) is 0 Å². The van der Waals surface area contributed by atoms with Gasteiger partial charge in [-0.1, -0.05) is 59.6 Å². The first-order valence-electron chi connectivity index (χ1n) is 7.54. The number of nitrogens with one attached hydrogen (secondary N) is 1. The predicted molar refractivity (Wildman–Crippen MR) is 97.6 cm³/mol. The Balaban J connectivity index is 1.90. The molecule has 24 heavy (non-hydrogen) atoms. The number of allylic oxidation sites excluding steroid dienone is 2. The average Bonchev–Trinajstić information content (AvgIpc) is 2.56. The lowest BCUT2D eigenvalue weighted by Gasteiger charge is -2.36. The molecule has 1 aliphatic carbocycles. The van der Waals surface area contributed by atoms with Crippen LogP contribution in [0.3, 0.4) is 0 Å². The number of nitrogens with zero attached hydrogens (tertiary/aromatic N) is 1. The first kappa shape index (κ1) is 16.7. The van der Waals surface area contributed by atoms with E-state index in [9.17, 15) is 4.79 Å². The highest BCUT2D eigenvalue weighted by Gasteiger charge is 2.34. The van der Waals surface area contributed by atoms with Gasteiger partial charge in [0.15, 0.2) is 0 Å². The molecule has 0 saturated carbocycles. The molecule has 1 N–H and O–H groups in total. The first-order valence-corrected chi connectivity index (χ1v) is 8.30. The Morgan fingerprint density at radius 3 is 2.62 bits per heavy atom. The quantitative estimate of drug-likeness (QED) is 0.801. The zero-order chi connectivity index (χ0) is 17.2. The largest absolute Gasteiger partial charge is 0.342 e. The Morgan fingerprint density at radius 1 is 1.17 bits per heavy atom. The van der Waals surface area contributed by atoms with Crippen LogP contribution in [0.25, 0.3) is 0 Å². The summed E-state index contributed by atoms with van der Waals surface area (Å²) in [5.74, 6) is -0.270. The molecule has 0 spiro atoms. The monoisotopic (exact) mass is 358 g/mol. The van der Waals surface area contributed by atoms with Crippen LogP contribution in [-0.2, 0) is 0 Å². The van der Waals surface area contributed by atoms with E-state index in [1.165, 1.54) is 0 Å². The summed E-state index contributed by atoms with van der Waals surface area (Å²) in [5, 5.41) is 3.96. The molecule has 3 nitrogen and oxygen atoms in total. The van der Waals surface area contributed by atoms with Crippen molar-refractivity contribution in [3.63, 3.8) is 0 Å². The summed E-state index contributed by atoms with van der Waals surface area (Å²) in [6.07, 6.45) is 9.51. The molecule has 5 heteroatoms. The molecule has 0 saturated heterocycles. The topological polar surface area (TPSA) is 42.0 Å². The number of aromatic nitrogens is 1. The van der Waals surface area contributed by atoms with Crippen molar-refractivity contribution < 1.29 is 4.79 Å². The van der Waals surface area contributed by atoms with Crippen LogP contribution >= 0.6 is 23.2 Å². The van der Waals surface area contributed by atoms with Crippen molar-refractivity contribution >= 4 is 29.1 Å². The minimum absolute atomic E-state index is 0.0147. The van der Waals surface area contributed by atoms with Gasteiger partial charge < -0.3 is 5.32 Å². The van der Waals surface area contributed by atoms with Gasteiger partial charge >= 0.3 is 0 Å². The van der Waals surface area contributed by atoms with Crippen molar-refractivity contribution in [2.24, 2.45) is 0 Å². The predicted octanol–water partition coefficient (Wildman–Crippen LogP) is 4.79. The van der Waals surface area contributed by atoms with Crippen LogP contribution in [0.4, 0.5) is 0 Å². The highest BCUT2D eigenvalue weighted by atomic mass is 35.5. The highest BCUT2D eigenvalue weighted by molar-refractivity contribution is 6.32. The number of rotatable bonds is 3. The van der Waals surface area contributed by atoms with E-state index in [0.29, 0.717) is 10.6 Å². The second kappa shape index (κ2) is 6.80. The van der Waals surface area contributed by atoms with Gasteiger partial charge in [-0.15, -0.1) is 0 Å². The van der Waals surface area contributed by atoms with Crippen molar-refractivity contribution in [2.45, 2.75) is 18.4 Å². The summed E-state index contributed by atoms with van der Waals surface area (Å²) < 4.78 is 0. The molecule has 0 bridgehead atoms. The van der Waals surface area contributed by atoms with Gasteiger partial charge in [0.25, 0.3) is 5.91 Å². The number of benzene rings is 1. The number of carbonyl (C=O) groups is 1. The van der Waals surface area contributed by atoms with Crippen LogP contribution in [0, 0.1) is 0 Å². The van der Waals surface area contributed by atoms with Gasteiger partial charge in [0.2, 0.25) is 0 Å². The van der Waals surface area contributed by atoms with Gasteiger partial charge in [-0.05, 0) is 36.8 Å². The molecule has 2 atom stereocenters.